The molecule has 12 atom stereocenters. The van der Waals surface area contributed by atoms with Crippen LogP contribution < -0.4 is 21.3 Å². The first-order valence-electron chi connectivity index (χ1n) is 27.0. The maximum atomic E-state index is 13.8. The van der Waals surface area contributed by atoms with Crippen molar-refractivity contribution in [3.63, 3.8) is 0 Å². The Kier molecular flexibility index (Phi) is 22.2. The van der Waals surface area contributed by atoms with E-state index in [0.29, 0.717) is 66.2 Å². The van der Waals surface area contributed by atoms with Gasteiger partial charge in [-0.15, -0.1) is 0 Å². The van der Waals surface area contributed by atoms with Gasteiger partial charge in [-0.1, -0.05) is 20.3 Å². The first kappa shape index (κ1) is 61.6. The summed E-state index contributed by atoms with van der Waals surface area (Å²) in [5, 5.41) is 75.3. The fraction of sp³-hybridized carbons (Fsp3) is 0.788. The summed E-state index contributed by atoms with van der Waals surface area (Å²) in [6.45, 7) is 7.42. The lowest BCUT2D eigenvalue weighted by molar-refractivity contribution is -0.245. The van der Waals surface area contributed by atoms with Gasteiger partial charge in [0.15, 0.2) is 0 Å². The summed E-state index contributed by atoms with van der Waals surface area (Å²) in [7, 11) is 0. The normalized spacial score (nSPS) is 28.7. The lowest BCUT2D eigenvalue weighted by atomic mass is 9.42. The molecule has 1 heterocycles. The summed E-state index contributed by atoms with van der Waals surface area (Å²) >= 11 is 0. The molecule has 24 heteroatoms. The number of carboxylic acid groups (broad SMARTS) is 1. The van der Waals surface area contributed by atoms with Gasteiger partial charge in [0.05, 0.1) is 17.8 Å². The van der Waals surface area contributed by atoms with Crippen molar-refractivity contribution in [3.05, 3.63) is 11.6 Å². The van der Waals surface area contributed by atoms with Gasteiger partial charge in [-0.25, -0.2) is 24.8 Å². The number of nitrogens with one attached hydrogen (secondary N) is 4. The zero-order valence-electron chi connectivity index (χ0n) is 44.8. The van der Waals surface area contributed by atoms with E-state index in [0.717, 1.165) is 58.4 Å². The topological polar surface area (TPSA) is 351 Å². The van der Waals surface area contributed by atoms with Crippen LogP contribution in [-0.4, -0.2) is 175 Å². The van der Waals surface area contributed by atoms with Crippen LogP contribution in [0.1, 0.15) is 150 Å². The number of aliphatic hydroxyl groups excluding tert-OH is 1. The Morgan fingerprint density at radius 2 is 1.28 bits per heavy atom. The molecule has 24 nitrogen and oxygen atoms in total. The first-order chi connectivity index (χ1) is 35.8. The second kappa shape index (κ2) is 27.4. The number of fused-ring (bicyclic) bond motifs is 5. The van der Waals surface area contributed by atoms with Crippen LogP contribution in [-0.2, 0) is 52.6 Å². The summed E-state index contributed by atoms with van der Waals surface area (Å²) in [4.78, 5) is 112. The SMILES string of the molecule is CC(=O)N(O)CCC[C@H](NC(=O)[C@H](CCCN(O)C(C)=O)NC(=O)[C@H](CCCN(O)C(C)=O)NC(=O)CCCCCNC(=O)CO[C@H]1CC[C@@]2(C)[C@H](CC[C@@H]3[C@H]2C[C@@H](O)[C@]2(C)[C@@H](C4=CC(=O)OC4)CC[C@]32O)C1)C(=O)O. The van der Waals surface area contributed by atoms with Gasteiger partial charge in [-0.3, -0.25) is 49.2 Å². The number of aliphatic hydroxyl groups is 2. The minimum absolute atomic E-state index is 0.0158. The lowest BCUT2D eigenvalue weighted by Gasteiger charge is -2.65. The standard InChI is InChI=1S/C52H83N7O17/c1-31(60)57(72)23-9-12-40(47(67)55-41(13-10-24-58(73)32(2)61)48(68)56-42(49(69)70)14-11-25-59(74)33(3)62)54-44(64)15-7-6-8-22-53-45(65)30-75-36-18-20-50(4)35(27-36)16-17-38-39(50)28-43(63)51(5)37(19-21-52(38,51)71)34-26-46(66)76-29-34/h26,35-43,63,71-74H,6-25,27-30H2,1-5H3,(H,53,65)(H,54,64)(H,55,67)(H,56,68)(H,69,70)/t35-,36+,37-,38-,39-,40+,41+,42+,43-,50+,51+,52+/m1/s1. The number of carbonyl (C=O) groups excluding carboxylic acids is 8. The van der Waals surface area contributed by atoms with Crippen molar-refractivity contribution in [3.8, 4) is 0 Å². The summed E-state index contributed by atoms with van der Waals surface area (Å²) in [6.07, 6.45) is 7.58. The molecule has 4 aliphatic carbocycles. The van der Waals surface area contributed by atoms with Crippen molar-refractivity contribution in [1.29, 1.82) is 0 Å². The second-order valence-electron chi connectivity index (χ2n) is 22.2. The summed E-state index contributed by atoms with van der Waals surface area (Å²) in [6, 6.07) is -4.21. The zero-order valence-corrected chi connectivity index (χ0v) is 44.8. The molecule has 0 unspecified atom stereocenters. The van der Waals surface area contributed by atoms with Gasteiger partial charge in [0, 0.05) is 64.9 Å². The van der Waals surface area contributed by atoms with Gasteiger partial charge in [-0.2, -0.15) is 0 Å². The summed E-state index contributed by atoms with van der Waals surface area (Å²) in [5.41, 5.74) is -1.08. The van der Waals surface area contributed by atoms with Crippen molar-refractivity contribution in [2.75, 3.05) is 39.4 Å². The van der Waals surface area contributed by atoms with E-state index >= 15 is 0 Å². The van der Waals surface area contributed by atoms with Crippen LogP contribution in [0.15, 0.2) is 11.6 Å². The molecule has 1 aliphatic heterocycles. The number of nitrogens with zero attached hydrogens (tertiary/aromatic N) is 3. The van der Waals surface area contributed by atoms with Crippen LogP contribution in [0.3, 0.4) is 0 Å². The van der Waals surface area contributed by atoms with Crippen LogP contribution in [0.2, 0.25) is 0 Å². The number of cyclic esters (lactones) is 1. The molecular weight excluding hydrogens is 995 g/mol. The highest BCUT2D eigenvalue weighted by Gasteiger charge is 2.71. The molecular formula is C52H83N7O17. The van der Waals surface area contributed by atoms with Crippen molar-refractivity contribution in [2.45, 2.75) is 186 Å². The Morgan fingerprint density at radius 3 is 1.83 bits per heavy atom. The molecule has 0 aromatic carbocycles. The van der Waals surface area contributed by atoms with Gasteiger partial charge < -0.3 is 46.1 Å². The average Bonchev–Trinajstić information content (AvgIpc) is 3.94. The molecule has 428 valence electrons. The number of hydroxylamine groups is 6. The van der Waals surface area contributed by atoms with E-state index in [-0.39, 0.29) is 119 Å². The number of aliphatic carboxylic acids is 1. The Morgan fingerprint density at radius 1 is 0.711 bits per heavy atom. The predicted molar refractivity (Wildman–Crippen MR) is 267 cm³/mol. The highest BCUT2D eigenvalue weighted by atomic mass is 16.5. The molecule has 0 aromatic heterocycles. The molecule has 0 spiro atoms. The maximum absolute atomic E-state index is 13.8. The molecule has 4 saturated carbocycles. The summed E-state index contributed by atoms with van der Waals surface area (Å²) in [5.74, 6) is -6.07. The van der Waals surface area contributed by atoms with E-state index < -0.39 is 76.7 Å². The quantitative estimate of drug-likeness (QED) is 0.0231. The smallest absolute Gasteiger partial charge is 0.331 e. The van der Waals surface area contributed by atoms with Crippen molar-refractivity contribution in [1.82, 2.24) is 36.5 Å². The molecule has 5 rings (SSSR count). The van der Waals surface area contributed by atoms with Crippen LogP contribution in [0, 0.1) is 34.5 Å². The molecule has 5 aliphatic rings. The van der Waals surface area contributed by atoms with E-state index in [9.17, 15) is 74.1 Å². The van der Waals surface area contributed by atoms with Crippen molar-refractivity contribution in [2.24, 2.45) is 34.5 Å². The van der Waals surface area contributed by atoms with Gasteiger partial charge in [0.1, 0.15) is 31.3 Å². The third-order valence-electron chi connectivity index (χ3n) is 17.5. The maximum Gasteiger partial charge on any atom is 0.331 e. The molecule has 0 saturated heterocycles. The minimum Gasteiger partial charge on any atom is -0.480 e. The molecule has 0 aromatic rings. The molecule has 4 fully saturated rings. The number of hydrogen-bond donors (Lipinski definition) is 10. The number of esters is 1. The van der Waals surface area contributed by atoms with E-state index in [2.05, 4.69) is 28.2 Å². The minimum atomic E-state index is -1.50. The Bertz CT molecular complexity index is 2150. The highest BCUT2D eigenvalue weighted by molar-refractivity contribution is 5.93. The van der Waals surface area contributed by atoms with Crippen molar-refractivity contribution >= 4 is 53.3 Å². The Balaban J connectivity index is 1.07. The fourth-order valence-electron chi connectivity index (χ4n) is 13.0. The number of carbonyl (C=O) groups is 9. The van der Waals surface area contributed by atoms with Gasteiger partial charge in [0.25, 0.3) is 0 Å². The number of carboxylic acids is 1. The average molecular weight is 1080 g/mol. The number of amides is 7. The third kappa shape index (κ3) is 15.3. The zero-order chi connectivity index (χ0) is 56.1. The fourth-order valence-corrected chi connectivity index (χ4v) is 13.0. The van der Waals surface area contributed by atoms with Crippen LogP contribution in [0.4, 0.5) is 0 Å². The predicted octanol–water partition coefficient (Wildman–Crippen LogP) is 1.87. The van der Waals surface area contributed by atoms with Crippen molar-refractivity contribution < 1.29 is 83.6 Å². The van der Waals surface area contributed by atoms with Gasteiger partial charge in [-0.05, 0) is 137 Å². The second-order valence-corrected chi connectivity index (χ2v) is 22.2. The monoisotopic (exact) mass is 1080 g/mol. The van der Waals surface area contributed by atoms with Crippen LogP contribution >= 0.6 is 0 Å². The molecule has 0 radical (unpaired) electrons. The van der Waals surface area contributed by atoms with Crippen LogP contribution in [0.25, 0.3) is 0 Å². The number of rotatable bonds is 28. The molecule has 0 bridgehead atoms. The Labute approximate surface area is 443 Å². The highest BCUT2D eigenvalue weighted by Crippen LogP contribution is 2.70. The Hall–Kier alpha value is -5.27. The van der Waals surface area contributed by atoms with E-state index in [1.54, 1.807) is 0 Å². The van der Waals surface area contributed by atoms with Gasteiger partial charge in [0.2, 0.25) is 41.4 Å². The number of ether oxygens (including phenoxy) is 2. The lowest BCUT2D eigenvalue weighted by Crippen LogP contribution is -2.67. The first-order valence-corrected chi connectivity index (χ1v) is 27.0. The van der Waals surface area contributed by atoms with E-state index in [1.165, 1.54) is 6.08 Å². The molecule has 10 N–H and O–H groups in total. The molecule has 76 heavy (non-hydrogen) atoms. The van der Waals surface area contributed by atoms with E-state index in [4.69, 9.17) is 9.47 Å². The molecule has 7 amide bonds. The summed E-state index contributed by atoms with van der Waals surface area (Å²) < 4.78 is 11.4. The largest absolute Gasteiger partial charge is 0.480 e. The van der Waals surface area contributed by atoms with E-state index in [1.807, 2.05) is 6.92 Å². The van der Waals surface area contributed by atoms with Gasteiger partial charge >= 0.3 is 11.9 Å². The van der Waals surface area contributed by atoms with Crippen LogP contribution in [0.5, 0.6) is 0 Å². The number of hydrogen-bond acceptors (Lipinski definition) is 16. The number of unbranched alkanes of at least 4 members (excludes halogenated alkanes) is 2. The third-order valence-corrected chi connectivity index (χ3v) is 17.5.